The minimum atomic E-state index is -2.97. The summed E-state index contributed by atoms with van der Waals surface area (Å²) in [6.07, 6.45) is 1.23. The number of aryl methyl sites for hydroxylation is 1. The minimum absolute atomic E-state index is 0.0378. The molecule has 0 fully saturated rings. The van der Waals surface area contributed by atoms with Gasteiger partial charge in [0.1, 0.15) is 15.7 Å². The van der Waals surface area contributed by atoms with Crippen molar-refractivity contribution in [1.82, 2.24) is 5.32 Å². The summed E-state index contributed by atoms with van der Waals surface area (Å²) >= 11 is 1.47. The molecule has 0 amide bonds. The maximum Gasteiger partial charge on any atom is 0.148 e. The third kappa shape index (κ3) is 5.42. The Morgan fingerprint density at radius 1 is 1.40 bits per heavy atom. The maximum atomic E-state index is 13.7. The van der Waals surface area contributed by atoms with Crippen molar-refractivity contribution in [2.24, 2.45) is 0 Å². The van der Waals surface area contributed by atoms with Gasteiger partial charge in [0, 0.05) is 22.9 Å². The van der Waals surface area contributed by atoms with Gasteiger partial charge in [-0.2, -0.15) is 0 Å². The average Bonchev–Trinajstić information content (AvgIpc) is 2.32. The predicted octanol–water partition coefficient (Wildman–Crippen LogP) is 2.94. The van der Waals surface area contributed by atoms with Crippen LogP contribution in [-0.2, 0) is 9.84 Å². The lowest BCUT2D eigenvalue weighted by molar-refractivity contribution is 0.571. The highest BCUT2D eigenvalue weighted by Gasteiger charge is 2.14. The molecule has 1 aromatic carbocycles. The van der Waals surface area contributed by atoms with Crippen LogP contribution in [-0.4, -0.2) is 32.7 Å². The van der Waals surface area contributed by atoms with Crippen molar-refractivity contribution in [3.05, 3.63) is 29.1 Å². The van der Waals surface area contributed by atoms with Crippen molar-refractivity contribution >= 4 is 21.6 Å². The van der Waals surface area contributed by atoms with Gasteiger partial charge in [-0.3, -0.25) is 0 Å². The molecular weight excluding hydrogens is 297 g/mol. The third-order valence-electron chi connectivity index (χ3n) is 2.98. The van der Waals surface area contributed by atoms with E-state index >= 15 is 0 Å². The highest BCUT2D eigenvalue weighted by Crippen LogP contribution is 2.30. The number of sulfone groups is 1. The van der Waals surface area contributed by atoms with E-state index in [2.05, 4.69) is 5.32 Å². The molecule has 0 aliphatic heterocycles. The number of benzene rings is 1. The predicted molar refractivity (Wildman–Crippen MR) is 83.7 cm³/mol. The Kier molecular flexibility index (Phi) is 6.48. The lowest BCUT2D eigenvalue weighted by atomic mass is 10.1. The standard InChI is InChI=1S/C14H22FNO2S2/c1-5-16-11(3)12-9-13(15)10(2)8-14(12)19-6-7-20(4,17)18/h8-9,11,16H,5-7H2,1-4H3. The van der Waals surface area contributed by atoms with Gasteiger partial charge in [-0.1, -0.05) is 6.92 Å². The van der Waals surface area contributed by atoms with Gasteiger partial charge in [0.25, 0.3) is 0 Å². The molecule has 0 aliphatic carbocycles. The van der Waals surface area contributed by atoms with Crippen LogP contribution < -0.4 is 5.32 Å². The first-order chi connectivity index (χ1) is 9.24. The second-order valence-electron chi connectivity index (χ2n) is 4.90. The Hall–Kier alpha value is -0.590. The average molecular weight is 319 g/mol. The number of hydrogen-bond acceptors (Lipinski definition) is 4. The van der Waals surface area contributed by atoms with E-state index in [1.165, 1.54) is 18.0 Å². The third-order valence-corrected chi connectivity index (χ3v) is 5.26. The van der Waals surface area contributed by atoms with Crippen molar-refractivity contribution in [3.63, 3.8) is 0 Å². The topological polar surface area (TPSA) is 46.2 Å². The molecule has 20 heavy (non-hydrogen) atoms. The lowest BCUT2D eigenvalue weighted by Crippen LogP contribution is -2.19. The Morgan fingerprint density at radius 2 is 2.05 bits per heavy atom. The van der Waals surface area contributed by atoms with Gasteiger partial charge in [0.05, 0.1) is 5.75 Å². The van der Waals surface area contributed by atoms with Crippen molar-refractivity contribution in [2.75, 3.05) is 24.3 Å². The molecular formula is C14H22FNO2S2. The maximum absolute atomic E-state index is 13.7. The molecule has 6 heteroatoms. The van der Waals surface area contributed by atoms with Crippen LogP contribution in [0.15, 0.2) is 17.0 Å². The van der Waals surface area contributed by atoms with E-state index in [9.17, 15) is 12.8 Å². The Bertz CT molecular complexity index is 559. The molecule has 1 rings (SSSR count). The van der Waals surface area contributed by atoms with Gasteiger partial charge in [-0.05, 0) is 43.7 Å². The number of hydrogen-bond donors (Lipinski definition) is 1. The second kappa shape index (κ2) is 7.43. The zero-order valence-corrected chi connectivity index (χ0v) is 14.0. The molecule has 0 radical (unpaired) electrons. The van der Waals surface area contributed by atoms with Crippen molar-refractivity contribution in [3.8, 4) is 0 Å². The zero-order valence-electron chi connectivity index (χ0n) is 12.4. The highest BCUT2D eigenvalue weighted by molar-refractivity contribution is 8.00. The second-order valence-corrected chi connectivity index (χ2v) is 8.29. The molecule has 0 spiro atoms. The Morgan fingerprint density at radius 3 is 2.60 bits per heavy atom. The van der Waals surface area contributed by atoms with Gasteiger partial charge in [-0.15, -0.1) is 11.8 Å². The molecule has 0 aromatic heterocycles. The molecule has 0 aliphatic rings. The molecule has 0 heterocycles. The van der Waals surface area contributed by atoms with E-state index in [0.717, 1.165) is 17.0 Å². The van der Waals surface area contributed by atoms with Crippen molar-refractivity contribution in [2.45, 2.75) is 31.7 Å². The van der Waals surface area contributed by atoms with E-state index in [-0.39, 0.29) is 17.6 Å². The van der Waals surface area contributed by atoms with Crippen molar-refractivity contribution in [1.29, 1.82) is 0 Å². The van der Waals surface area contributed by atoms with Gasteiger partial charge >= 0.3 is 0 Å². The largest absolute Gasteiger partial charge is 0.310 e. The van der Waals surface area contributed by atoms with Gasteiger partial charge in [0.15, 0.2) is 0 Å². The van der Waals surface area contributed by atoms with Gasteiger partial charge in [0.2, 0.25) is 0 Å². The molecule has 0 bridgehead atoms. The molecule has 1 atom stereocenters. The summed E-state index contributed by atoms with van der Waals surface area (Å²) in [5.74, 6) is 0.385. The normalized spacial score (nSPS) is 13.4. The summed E-state index contributed by atoms with van der Waals surface area (Å²) in [5.41, 5.74) is 1.47. The fourth-order valence-corrected chi connectivity index (χ4v) is 4.28. The van der Waals surface area contributed by atoms with Crippen LogP contribution in [0.5, 0.6) is 0 Å². The van der Waals surface area contributed by atoms with E-state index in [0.29, 0.717) is 11.3 Å². The molecule has 3 nitrogen and oxygen atoms in total. The summed E-state index contributed by atoms with van der Waals surface area (Å²) in [6.45, 7) is 6.49. The quantitative estimate of drug-likeness (QED) is 0.785. The number of thioether (sulfide) groups is 1. The summed E-state index contributed by atoms with van der Waals surface area (Å²) in [6, 6.07) is 3.38. The molecule has 0 saturated carbocycles. The van der Waals surface area contributed by atoms with Crippen LogP contribution in [0.25, 0.3) is 0 Å². The van der Waals surface area contributed by atoms with Crippen LogP contribution in [0.1, 0.15) is 31.0 Å². The van der Waals surface area contributed by atoms with Gasteiger partial charge in [-0.25, -0.2) is 12.8 Å². The summed E-state index contributed by atoms with van der Waals surface area (Å²) < 4.78 is 36.1. The Labute approximate surface area is 125 Å². The van der Waals surface area contributed by atoms with Crippen LogP contribution in [0.3, 0.4) is 0 Å². The fraction of sp³-hybridized carbons (Fsp3) is 0.571. The van der Waals surface area contributed by atoms with E-state index in [1.807, 2.05) is 13.8 Å². The first-order valence-corrected chi connectivity index (χ1v) is 9.63. The molecule has 1 unspecified atom stereocenters. The first-order valence-electron chi connectivity index (χ1n) is 6.58. The van der Waals surface area contributed by atoms with Crippen LogP contribution in [0, 0.1) is 12.7 Å². The SMILES string of the molecule is CCNC(C)c1cc(F)c(C)cc1SCCS(C)(=O)=O. The van der Waals surface area contributed by atoms with Crippen LogP contribution >= 0.6 is 11.8 Å². The minimum Gasteiger partial charge on any atom is -0.310 e. The summed E-state index contributed by atoms with van der Waals surface area (Å²) in [5, 5.41) is 3.26. The monoisotopic (exact) mass is 319 g/mol. The smallest absolute Gasteiger partial charge is 0.148 e. The number of rotatable bonds is 7. The summed E-state index contributed by atoms with van der Waals surface area (Å²) in [4.78, 5) is 0.945. The van der Waals surface area contributed by atoms with Crippen LogP contribution in [0.4, 0.5) is 4.39 Å². The van der Waals surface area contributed by atoms with Crippen molar-refractivity contribution < 1.29 is 12.8 Å². The van der Waals surface area contributed by atoms with Crippen LogP contribution in [0.2, 0.25) is 0 Å². The molecule has 1 aromatic rings. The summed E-state index contributed by atoms with van der Waals surface area (Å²) in [7, 11) is -2.97. The number of halogens is 1. The highest BCUT2D eigenvalue weighted by atomic mass is 32.2. The van der Waals surface area contributed by atoms with E-state index < -0.39 is 9.84 Å². The molecule has 1 N–H and O–H groups in total. The Balaban J connectivity index is 2.94. The van der Waals surface area contributed by atoms with E-state index in [4.69, 9.17) is 0 Å². The zero-order chi connectivity index (χ0) is 15.3. The molecule has 0 saturated heterocycles. The lowest BCUT2D eigenvalue weighted by Gasteiger charge is -2.18. The first kappa shape index (κ1) is 17.5. The molecule has 114 valence electrons. The fourth-order valence-electron chi connectivity index (χ4n) is 1.85. The number of nitrogens with one attached hydrogen (secondary N) is 1. The van der Waals surface area contributed by atoms with E-state index in [1.54, 1.807) is 19.1 Å². The van der Waals surface area contributed by atoms with Gasteiger partial charge < -0.3 is 5.32 Å².